The normalized spacial score (nSPS) is 29.2. The maximum absolute atomic E-state index is 11.0. The van der Waals surface area contributed by atoms with Gasteiger partial charge in [0.2, 0.25) is 0 Å². The van der Waals surface area contributed by atoms with Crippen molar-refractivity contribution in [2.24, 2.45) is 11.7 Å². The van der Waals surface area contributed by atoms with E-state index < -0.39 is 5.97 Å². The number of hydrogen-bond acceptors (Lipinski definition) is 4. The predicted octanol–water partition coefficient (Wildman–Crippen LogP) is 1.75. The first kappa shape index (κ1) is 12.5. The van der Waals surface area contributed by atoms with E-state index in [1.54, 1.807) is 17.4 Å². The van der Waals surface area contributed by atoms with E-state index in [1.165, 1.54) is 0 Å². The Balaban J connectivity index is 2.22. The zero-order chi connectivity index (χ0) is 12.6. The Hall–Kier alpha value is -0.910. The van der Waals surface area contributed by atoms with Gasteiger partial charge in [0, 0.05) is 28.4 Å². The van der Waals surface area contributed by atoms with Crippen LogP contribution in [0.4, 0.5) is 0 Å². The number of aromatic carboxylic acids is 1. The molecule has 4 N–H and O–H groups in total. The second kappa shape index (κ2) is 4.76. The summed E-state index contributed by atoms with van der Waals surface area (Å²) < 4.78 is 0. The second-order valence-corrected chi connectivity index (χ2v) is 6.07. The summed E-state index contributed by atoms with van der Waals surface area (Å²) >= 11 is 1.57. The van der Waals surface area contributed by atoms with Gasteiger partial charge in [0.1, 0.15) is 0 Å². The highest BCUT2D eigenvalue weighted by atomic mass is 32.1. The van der Waals surface area contributed by atoms with Gasteiger partial charge in [-0.2, -0.15) is 0 Å². The molecule has 3 unspecified atom stereocenters. The fraction of sp³-hybridized carbons (Fsp3) is 0.583. The number of thiophene rings is 1. The van der Waals surface area contributed by atoms with Gasteiger partial charge in [0.25, 0.3) is 0 Å². The SMILES string of the molecule is Cc1sc(C2NCC(N)CC2C)cc1C(=O)O. The van der Waals surface area contributed by atoms with Gasteiger partial charge in [0.05, 0.1) is 5.56 Å². The van der Waals surface area contributed by atoms with Gasteiger partial charge in [-0.25, -0.2) is 4.79 Å². The van der Waals surface area contributed by atoms with Gasteiger partial charge in [0.15, 0.2) is 0 Å². The number of carboxylic acid groups (broad SMARTS) is 1. The third kappa shape index (κ3) is 2.51. The van der Waals surface area contributed by atoms with Crippen LogP contribution in [0.15, 0.2) is 6.07 Å². The summed E-state index contributed by atoms with van der Waals surface area (Å²) in [7, 11) is 0. The van der Waals surface area contributed by atoms with Crippen molar-refractivity contribution in [1.29, 1.82) is 0 Å². The van der Waals surface area contributed by atoms with Crippen molar-refractivity contribution in [1.82, 2.24) is 5.32 Å². The van der Waals surface area contributed by atoms with Crippen LogP contribution in [-0.2, 0) is 0 Å². The molecular formula is C12H18N2O2S. The first-order valence-corrected chi connectivity index (χ1v) is 6.63. The molecule has 2 rings (SSSR count). The Kier molecular flexibility index (Phi) is 3.51. The van der Waals surface area contributed by atoms with Crippen LogP contribution in [0, 0.1) is 12.8 Å². The molecule has 1 aliphatic rings. The van der Waals surface area contributed by atoms with Crippen LogP contribution in [0.25, 0.3) is 0 Å². The maximum Gasteiger partial charge on any atom is 0.336 e. The molecular weight excluding hydrogens is 236 g/mol. The lowest BCUT2D eigenvalue weighted by Gasteiger charge is -2.33. The van der Waals surface area contributed by atoms with Crippen molar-refractivity contribution in [2.75, 3.05) is 6.54 Å². The average molecular weight is 254 g/mol. The van der Waals surface area contributed by atoms with E-state index in [1.807, 2.05) is 6.92 Å². The van der Waals surface area contributed by atoms with Crippen molar-refractivity contribution in [3.05, 3.63) is 21.4 Å². The smallest absolute Gasteiger partial charge is 0.336 e. The molecule has 0 spiro atoms. The monoisotopic (exact) mass is 254 g/mol. The summed E-state index contributed by atoms with van der Waals surface area (Å²) in [6.07, 6.45) is 0.983. The van der Waals surface area contributed by atoms with Gasteiger partial charge in [-0.3, -0.25) is 0 Å². The van der Waals surface area contributed by atoms with E-state index in [2.05, 4.69) is 12.2 Å². The molecule has 0 saturated carbocycles. The number of aryl methyl sites for hydroxylation is 1. The minimum atomic E-state index is -0.842. The summed E-state index contributed by atoms with van der Waals surface area (Å²) in [4.78, 5) is 13.0. The lowest BCUT2D eigenvalue weighted by molar-refractivity contribution is 0.0696. The molecule has 2 heterocycles. The van der Waals surface area contributed by atoms with Crippen molar-refractivity contribution < 1.29 is 9.90 Å². The first-order valence-electron chi connectivity index (χ1n) is 5.81. The molecule has 4 nitrogen and oxygen atoms in total. The highest BCUT2D eigenvalue weighted by Crippen LogP contribution is 2.34. The highest BCUT2D eigenvalue weighted by Gasteiger charge is 2.28. The summed E-state index contributed by atoms with van der Waals surface area (Å²) in [5.41, 5.74) is 6.32. The molecule has 17 heavy (non-hydrogen) atoms. The molecule has 0 amide bonds. The molecule has 0 aromatic carbocycles. The standard InChI is InChI=1S/C12H18N2O2S/c1-6-3-8(13)5-14-11(6)10-4-9(12(15)16)7(2)17-10/h4,6,8,11,14H,3,5,13H2,1-2H3,(H,15,16). The molecule has 1 fully saturated rings. The topological polar surface area (TPSA) is 75.3 Å². The Bertz CT molecular complexity index is 430. The summed E-state index contributed by atoms with van der Waals surface area (Å²) in [5.74, 6) is -0.399. The molecule has 0 bridgehead atoms. The Morgan fingerprint density at radius 1 is 1.65 bits per heavy atom. The third-order valence-corrected chi connectivity index (χ3v) is 4.45. The van der Waals surface area contributed by atoms with Gasteiger partial charge in [-0.15, -0.1) is 11.3 Å². The van der Waals surface area contributed by atoms with Crippen LogP contribution in [0.3, 0.4) is 0 Å². The summed E-state index contributed by atoms with van der Waals surface area (Å²) in [6.45, 7) is 4.82. The van der Waals surface area contributed by atoms with E-state index in [0.29, 0.717) is 11.5 Å². The maximum atomic E-state index is 11.0. The fourth-order valence-electron chi connectivity index (χ4n) is 2.43. The molecule has 94 valence electrons. The van der Waals surface area contributed by atoms with Crippen LogP contribution in [-0.4, -0.2) is 23.7 Å². The van der Waals surface area contributed by atoms with Crippen LogP contribution in [0.2, 0.25) is 0 Å². The van der Waals surface area contributed by atoms with E-state index in [0.717, 1.165) is 22.7 Å². The lowest BCUT2D eigenvalue weighted by atomic mass is 9.89. The number of carbonyl (C=O) groups is 1. The Morgan fingerprint density at radius 3 is 2.88 bits per heavy atom. The largest absolute Gasteiger partial charge is 0.478 e. The van der Waals surface area contributed by atoms with Gasteiger partial charge in [-0.05, 0) is 25.3 Å². The first-order chi connectivity index (χ1) is 7.99. The predicted molar refractivity (Wildman–Crippen MR) is 68.5 cm³/mol. The summed E-state index contributed by atoms with van der Waals surface area (Å²) in [6, 6.07) is 2.25. The Morgan fingerprint density at radius 2 is 2.35 bits per heavy atom. The van der Waals surface area contributed by atoms with Gasteiger partial charge in [-0.1, -0.05) is 6.92 Å². The zero-order valence-corrected chi connectivity index (χ0v) is 10.9. The molecule has 1 aliphatic heterocycles. The fourth-order valence-corrected chi connectivity index (χ4v) is 3.66. The molecule has 0 radical (unpaired) electrons. The van der Waals surface area contributed by atoms with E-state index in [9.17, 15) is 4.79 Å². The van der Waals surface area contributed by atoms with Crippen LogP contribution < -0.4 is 11.1 Å². The van der Waals surface area contributed by atoms with Crippen molar-refractivity contribution >= 4 is 17.3 Å². The minimum absolute atomic E-state index is 0.209. The second-order valence-electron chi connectivity index (χ2n) is 4.78. The quantitative estimate of drug-likeness (QED) is 0.751. The number of nitrogens with two attached hydrogens (primary N) is 1. The van der Waals surface area contributed by atoms with Crippen molar-refractivity contribution in [3.8, 4) is 0 Å². The number of carboxylic acids is 1. The van der Waals surface area contributed by atoms with Crippen molar-refractivity contribution in [2.45, 2.75) is 32.4 Å². The lowest BCUT2D eigenvalue weighted by Crippen LogP contribution is -2.45. The average Bonchev–Trinajstić information content (AvgIpc) is 2.60. The zero-order valence-electron chi connectivity index (χ0n) is 10.1. The molecule has 5 heteroatoms. The minimum Gasteiger partial charge on any atom is -0.478 e. The molecule has 1 saturated heterocycles. The van der Waals surface area contributed by atoms with Crippen LogP contribution in [0.1, 0.15) is 39.5 Å². The van der Waals surface area contributed by atoms with Crippen LogP contribution >= 0.6 is 11.3 Å². The van der Waals surface area contributed by atoms with Gasteiger partial charge < -0.3 is 16.2 Å². The number of hydrogen-bond donors (Lipinski definition) is 3. The van der Waals surface area contributed by atoms with Crippen LogP contribution in [0.5, 0.6) is 0 Å². The van der Waals surface area contributed by atoms with Crippen molar-refractivity contribution in [3.63, 3.8) is 0 Å². The van der Waals surface area contributed by atoms with E-state index in [-0.39, 0.29) is 12.1 Å². The number of nitrogens with one attached hydrogen (secondary N) is 1. The molecule has 1 aromatic heterocycles. The number of rotatable bonds is 2. The Labute approximate surface area is 105 Å². The number of piperidine rings is 1. The summed E-state index contributed by atoms with van der Waals surface area (Å²) in [5, 5.41) is 12.5. The molecule has 3 atom stereocenters. The molecule has 0 aliphatic carbocycles. The van der Waals surface area contributed by atoms with Gasteiger partial charge >= 0.3 is 5.97 Å². The van der Waals surface area contributed by atoms with E-state index >= 15 is 0 Å². The third-order valence-electron chi connectivity index (χ3n) is 3.32. The van der Waals surface area contributed by atoms with E-state index in [4.69, 9.17) is 10.8 Å². The molecule has 1 aromatic rings. The highest BCUT2D eigenvalue weighted by molar-refractivity contribution is 7.12.